The number of aryl methyl sites for hydroxylation is 1. The summed E-state index contributed by atoms with van der Waals surface area (Å²) in [6.45, 7) is 4.13. The minimum absolute atomic E-state index is 0.170. The van der Waals surface area contributed by atoms with Gasteiger partial charge in [-0.25, -0.2) is 13.7 Å². The summed E-state index contributed by atoms with van der Waals surface area (Å²) in [4.78, 5) is 29.1. The lowest BCUT2D eigenvalue weighted by Gasteiger charge is -2.34. The second-order valence-corrected chi connectivity index (χ2v) is 8.93. The number of benzene rings is 2. The van der Waals surface area contributed by atoms with Crippen LogP contribution in [-0.4, -0.2) is 42.5 Å². The van der Waals surface area contributed by atoms with Crippen molar-refractivity contribution in [2.24, 2.45) is 5.92 Å². The number of piperidine rings is 1. The zero-order valence-corrected chi connectivity index (χ0v) is 18.9. The van der Waals surface area contributed by atoms with Crippen LogP contribution in [0, 0.1) is 17.6 Å². The molecule has 2 aromatic rings. The Morgan fingerprint density at radius 2 is 1.67 bits per heavy atom. The molecule has 7 heteroatoms. The van der Waals surface area contributed by atoms with E-state index in [1.54, 1.807) is 24.3 Å². The first-order valence-electron chi connectivity index (χ1n) is 11.7. The van der Waals surface area contributed by atoms with E-state index in [-0.39, 0.29) is 18.2 Å². The first-order chi connectivity index (χ1) is 15.9. The fourth-order valence-corrected chi connectivity index (χ4v) is 4.76. The van der Waals surface area contributed by atoms with Crippen molar-refractivity contribution < 1.29 is 23.1 Å². The minimum Gasteiger partial charge on any atom is -0.494 e. The maximum Gasteiger partial charge on any atom is 0.251 e. The molecular weight excluding hydrogens is 426 g/mol. The summed E-state index contributed by atoms with van der Waals surface area (Å²) in [6, 6.07) is 10.3. The minimum atomic E-state index is -0.545. The maximum absolute atomic E-state index is 13.4. The number of amides is 2. The Morgan fingerprint density at radius 3 is 2.30 bits per heavy atom. The summed E-state index contributed by atoms with van der Waals surface area (Å²) < 4.78 is 32.4. The van der Waals surface area contributed by atoms with Crippen LogP contribution in [-0.2, 0) is 16.0 Å². The summed E-state index contributed by atoms with van der Waals surface area (Å²) in [5, 5.41) is 0. The number of imide groups is 1. The molecule has 5 nitrogen and oxygen atoms in total. The Labute approximate surface area is 193 Å². The second-order valence-electron chi connectivity index (χ2n) is 8.93. The van der Waals surface area contributed by atoms with Gasteiger partial charge in [-0.3, -0.25) is 14.5 Å². The van der Waals surface area contributed by atoms with Gasteiger partial charge in [0.2, 0.25) is 5.91 Å². The van der Waals surface area contributed by atoms with Crippen molar-refractivity contribution >= 4 is 17.5 Å². The normalized spacial score (nSPS) is 20.0. The molecule has 2 amide bonds. The van der Waals surface area contributed by atoms with Gasteiger partial charge < -0.3 is 4.74 Å². The molecule has 2 aromatic carbocycles. The van der Waals surface area contributed by atoms with Gasteiger partial charge in [0.1, 0.15) is 17.4 Å². The monoisotopic (exact) mass is 456 g/mol. The predicted octanol–water partition coefficient (Wildman–Crippen LogP) is 4.73. The third-order valence-electron chi connectivity index (χ3n) is 6.54. The molecular formula is C26H30F2N2O3. The van der Waals surface area contributed by atoms with Crippen LogP contribution < -0.4 is 9.64 Å². The van der Waals surface area contributed by atoms with Crippen LogP contribution in [0.4, 0.5) is 14.5 Å². The van der Waals surface area contributed by atoms with Crippen LogP contribution in [0.15, 0.2) is 42.5 Å². The fraction of sp³-hybridized carbons (Fsp3) is 0.462. The predicted molar refractivity (Wildman–Crippen MR) is 122 cm³/mol. The zero-order chi connectivity index (χ0) is 23.4. The van der Waals surface area contributed by atoms with Crippen molar-refractivity contribution in [2.45, 2.75) is 51.5 Å². The quantitative estimate of drug-likeness (QED) is 0.539. The number of carbonyl (C=O) groups is 2. The number of nitrogens with zero attached hydrogens (tertiary/aromatic N) is 2. The van der Waals surface area contributed by atoms with Crippen LogP contribution in [0.1, 0.15) is 44.6 Å². The standard InChI is InChI=1S/C26H30F2N2O3/c1-2-13-33-23-7-5-22(6-8-23)30-25(31)17-24(26(30)32)29-11-9-18(10-12-29)3-4-19-14-20(27)16-21(28)15-19/h5-8,14-16,18,24H,2-4,9-13,17H2,1H3/t24-/m0/s1. The molecule has 0 bridgehead atoms. The lowest BCUT2D eigenvalue weighted by Crippen LogP contribution is -2.46. The molecule has 0 saturated carbocycles. The zero-order valence-electron chi connectivity index (χ0n) is 18.9. The van der Waals surface area contributed by atoms with Gasteiger partial charge in [0.05, 0.1) is 24.8 Å². The molecule has 2 aliphatic rings. The summed E-state index contributed by atoms with van der Waals surface area (Å²) in [5.74, 6) is -0.280. The summed E-state index contributed by atoms with van der Waals surface area (Å²) in [7, 11) is 0. The fourth-order valence-electron chi connectivity index (χ4n) is 4.76. The van der Waals surface area contributed by atoms with Gasteiger partial charge in [-0.15, -0.1) is 0 Å². The number of carbonyl (C=O) groups excluding carboxylic acids is 2. The first kappa shape index (κ1) is 23.4. The molecule has 2 heterocycles. The van der Waals surface area contributed by atoms with Crippen molar-refractivity contribution in [3.05, 3.63) is 59.7 Å². The number of anilines is 1. The van der Waals surface area contributed by atoms with E-state index in [9.17, 15) is 18.4 Å². The van der Waals surface area contributed by atoms with E-state index < -0.39 is 17.7 Å². The van der Waals surface area contributed by atoms with Gasteiger partial charge in [0.15, 0.2) is 0 Å². The first-order valence-corrected chi connectivity index (χ1v) is 11.7. The van der Waals surface area contributed by atoms with Crippen molar-refractivity contribution in [3.63, 3.8) is 0 Å². The molecule has 2 aliphatic heterocycles. The SMILES string of the molecule is CCCOc1ccc(N2C(=O)C[C@H](N3CCC(CCc4cc(F)cc(F)c4)CC3)C2=O)cc1. The number of hydrogen-bond donors (Lipinski definition) is 0. The van der Waals surface area contributed by atoms with Gasteiger partial charge in [-0.2, -0.15) is 0 Å². The average molecular weight is 457 g/mol. The molecule has 0 N–H and O–H groups in total. The molecule has 176 valence electrons. The molecule has 0 unspecified atom stereocenters. The molecule has 1 atom stereocenters. The molecule has 33 heavy (non-hydrogen) atoms. The summed E-state index contributed by atoms with van der Waals surface area (Å²) in [6.07, 6.45) is 4.39. The van der Waals surface area contributed by atoms with Gasteiger partial charge in [0, 0.05) is 6.07 Å². The van der Waals surface area contributed by atoms with Gasteiger partial charge in [0.25, 0.3) is 5.91 Å². The Hall–Kier alpha value is -2.80. The molecule has 2 saturated heterocycles. The number of rotatable bonds is 8. The van der Waals surface area contributed by atoms with Crippen LogP contribution in [0.2, 0.25) is 0 Å². The van der Waals surface area contributed by atoms with E-state index in [1.165, 1.54) is 17.0 Å². The molecule has 0 aliphatic carbocycles. The highest BCUT2D eigenvalue weighted by Gasteiger charge is 2.43. The van der Waals surface area contributed by atoms with Crippen LogP contribution in [0.5, 0.6) is 5.75 Å². The van der Waals surface area contributed by atoms with Crippen LogP contribution in [0.25, 0.3) is 0 Å². The smallest absolute Gasteiger partial charge is 0.251 e. The lowest BCUT2D eigenvalue weighted by atomic mass is 9.90. The highest BCUT2D eigenvalue weighted by atomic mass is 19.1. The number of ether oxygens (including phenoxy) is 1. The third-order valence-corrected chi connectivity index (χ3v) is 6.54. The highest BCUT2D eigenvalue weighted by Crippen LogP contribution is 2.31. The van der Waals surface area contributed by atoms with Crippen molar-refractivity contribution in [1.82, 2.24) is 4.90 Å². The van der Waals surface area contributed by atoms with Gasteiger partial charge in [-0.05, 0) is 93.1 Å². The Bertz CT molecular complexity index is 967. The molecule has 2 fully saturated rings. The van der Waals surface area contributed by atoms with Crippen LogP contribution in [0.3, 0.4) is 0 Å². The average Bonchev–Trinajstić information content (AvgIpc) is 3.10. The highest BCUT2D eigenvalue weighted by molar-refractivity contribution is 6.22. The van der Waals surface area contributed by atoms with E-state index in [0.717, 1.165) is 50.6 Å². The largest absolute Gasteiger partial charge is 0.494 e. The van der Waals surface area contributed by atoms with E-state index in [4.69, 9.17) is 4.74 Å². The molecule has 4 rings (SSSR count). The van der Waals surface area contributed by atoms with E-state index in [2.05, 4.69) is 4.90 Å². The molecule has 0 aromatic heterocycles. The third kappa shape index (κ3) is 5.58. The molecule has 0 spiro atoms. The number of likely N-dealkylation sites (tertiary alicyclic amines) is 1. The van der Waals surface area contributed by atoms with Crippen LogP contribution >= 0.6 is 0 Å². The van der Waals surface area contributed by atoms with E-state index >= 15 is 0 Å². The summed E-state index contributed by atoms with van der Waals surface area (Å²) >= 11 is 0. The Balaban J connectivity index is 1.30. The Morgan fingerprint density at radius 1 is 1.00 bits per heavy atom. The van der Waals surface area contributed by atoms with E-state index in [0.29, 0.717) is 30.2 Å². The number of hydrogen-bond acceptors (Lipinski definition) is 4. The maximum atomic E-state index is 13.4. The van der Waals surface area contributed by atoms with Crippen molar-refractivity contribution in [3.8, 4) is 5.75 Å². The second kappa shape index (κ2) is 10.4. The Kier molecular flexibility index (Phi) is 7.38. The lowest BCUT2D eigenvalue weighted by molar-refractivity contribution is -0.123. The molecule has 0 radical (unpaired) electrons. The van der Waals surface area contributed by atoms with E-state index in [1.807, 2.05) is 6.92 Å². The van der Waals surface area contributed by atoms with Crippen molar-refractivity contribution in [1.29, 1.82) is 0 Å². The van der Waals surface area contributed by atoms with Gasteiger partial charge in [-0.1, -0.05) is 6.92 Å². The van der Waals surface area contributed by atoms with Gasteiger partial charge >= 0.3 is 0 Å². The summed E-state index contributed by atoms with van der Waals surface area (Å²) in [5.41, 5.74) is 1.25. The topological polar surface area (TPSA) is 49.9 Å². The van der Waals surface area contributed by atoms with Crippen molar-refractivity contribution in [2.75, 3.05) is 24.6 Å². The number of halogens is 2.